The molecule has 0 atom stereocenters. The summed E-state index contributed by atoms with van der Waals surface area (Å²) in [6, 6.07) is 0. The molecule has 0 fully saturated rings. The molecule has 0 bridgehead atoms. The molecule has 0 aliphatic carbocycles. The van der Waals surface area contributed by atoms with Crippen LogP contribution in [-0.4, -0.2) is 16.1 Å². The Morgan fingerprint density at radius 2 is 1.54 bits per heavy atom. The van der Waals surface area contributed by atoms with Crippen molar-refractivity contribution in [2.24, 2.45) is 0 Å². The van der Waals surface area contributed by atoms with E-state index in [2.05, 4.69) is 12.6 Å². The molecule has 0 saturated heterocycles. The first-order valence-electron chi connectivity index (χ1n) is 3.98. The molecule has 0 amide bonds. The summed E-state index contributed by atoms with van der Waals surface area (Å²) in [6.07, 6.45) is -0.399. The highest BCUT2D eigenvalue weighted by Gasteiger charge is 2.30. The third-order valence-corrected chi connectivity index (χ3v) is 4.21. The van der Waals surface area contributed by atoms with E-state index in [4.69, 9.17) is 21.3 Å². The van der Waals surface area contributed by atoms with Crippen LogP contribution >= 0.6 is 32.4 Å². The predicted molar refractivity (Wildman–Crippen MR) is 61.6 cm³/mol. The number of rotatable bonds is 5. The van der Waals surface area contributed by atoms with Gasteiger partial charge in [-0.25, -0.2) is 0 Å². The Morgan fingerprint density at radius 3 is 1.69 bits per heavy atom. The second kappa shape index (κ2) is 5.47. The molecule has 0 spiro atoms. The standard InChI is InChI=1S/C7H15O3PS2/c1-5(2)9-11(8,7(12)13)10-6(3)4/h5-6H,1-4H3,(H,12,13). The van der Waals surface area contributed by atoms with Crippen molar-refractivity contribution < 1.29 is 13.6 Å². The van der Waals surface area contributed by atoms with Gasteiger partial charge < -0.3 is 9.05 Å². The van der Waals surface area contributed by atoms with Gasteiger partial charge in [-0.1, -0.05) is 12.2 Å². The third-order valence-electron chi connectivity index (χ3n) is 0.933. The second-order valence-corrected chi connectivity index (χ2v) is 6.77. The summed E-state index contributed by atoms with van der Waals surface area (Å²) in [5, 5.41) is 0. The maximum Gasteiger partial charge on any atom is 0.378 e. The normalized spacial score (nSPS) is 12.5. The van der Waals surface area contributed by atoms with Crippen molar-refractivity contribution in [3.8, 4) is 0 Å². The Labute approximate surface area is 90.1 Å². The predicted octanol–water partition coefficient (Wildman–Crippen LogP) is 3.24. The van der Waals surface area contributed by atoms with Gasteiger partial charge in [0.15, 0.2) is 3.94 Å². The van der Waals surface area contributed by atoms with Crippen LogP contribution in [0.1, 0.15) is 27.7 Å². The maximum atomic E-state index is 11.9. The van der Waals surface area contributed by atoms with Gasteiger partial charge in [0, 0.05) is 0 Å². The lowest BCUT2D eigenvalue weighted by molar-refractivity contribution is 0.153. The first-order valence-corrected chi connectivity index (χ1v) is 6.38. The van der Waals surface area contributed by atoms with E-state index in [1.807, 2.05) is 0 Å². The number of thiol groups is 1. The highest BCUT2D eigenvalue weighted by Crippen LogP contribution is 2.53. The topological polar surface area (TPSA) is 35.5 Å². The average molecular weight is 242 g/mol. The summed E-state index contributed by atoms with van der Waals surface area (Å²) in [4.78, 5) is 0. The van der Waals surface area contributed by atoms with Crippen LogP contribution in [0.3, 0.4) is 0 Å². The SMILES string of the molecule is CC(C)OP(=O)(OC(C)C)C(=S)S. The molecule has 3 nitrogen and oxygen atoms in total. The summed E-state index contributed by atoms with van der Waals surface area (Å²) >= 11 is 8.56. The Balaban J connectivity index is 4.54. The molecule has 0 aromatic rings. The Hall–Kier alpha value is 0.590. The van der Waals surface area contributed by atoms with Crippen molar-refractivity contribution in [3.63, 3.8) is 0 Å². The zero-order chi connectivity index (χ0) is 10.6. The zero-order valence-electron chi connectivity index (χ0n) is 8.18. The lowest BCUT2D eigenvalue weighted by Crippen LogP contribution is -2.10. The van der Waals surface area contributed by atoms with Gasteiger partial charge in [0.05, 0.1) is 12.2 Å². The fourth-order valence-electron chi connectivity index (χ4n) is 0.670. The van der Waals surface area contributed by atoms with Gasteiger partial charge in [-0.15, -0.1) is 12.6 Å². The summed E-state index contributed by atoms with van der Waals surface area (Å²) in [6.45, 7) is 7.07. The van der Waals surface area contributed by atoms with Crippen molar-refractivity contribution >= 4 is 36.4 Å². The van der Waals surface area contributed by atoms with Crippen molar-refractivity contribution in [2.45, 2.75) is 39.9 Å². The van der Waals surface area contributed by atoms with E-state index in [1.165, 1.54) is 0 Å². The van der Waals surface area contributed by atoms with Crippen molar-refractivity contribution in [3.05, 3.63) is 0 Å². The van der Waals surface area contributed by atoms with Crippen LogP contribution in [0.4, 0.5) is 0 Å². The van der Waals surface area contributed by atoms with Gasteiger partial charge in [0.2, 0.25) is 0 Å². The molecule has 0 heterocycles. The van der Waals surface area contributed by atoms with E-state index in [1.54, 1.807) is 27.7 Å². The lowest BCUT2D eigenvalue weighted by atomic mass is 10.5. The molecule has 0 aliphatic heterocycles. The van der Waals surface area contributed by atoms with Gasteiger partial charge in [-0.05, 0) is 27.7 Å². The Kier molecular flexibility index (Phi) is 5.71. The monoisotopic (exact) mass is 242 g/mol. The summed E-state index contributed by atoms with van der Waals surface area (Å²) < 4.78 is 22.1. The molecule has 0 radical (unpaired) electrons. The van der Waals surface area contributed by atoms with Crippen molar-refractivity contribution in [2.75, 3.05) is 0 Å². The maximum absolute atomic E-state index is 11.9. The highest BCUT2D eigenvalue weighted by molar-refractivity contribution is 8.26. The van der Waals surface area contributed by atoms with E-state index in [-0.39, 0.29) is 16.1 Å². The number of hydrogen-bond acceptors (Lipinski definition) is 4. The van der Waals surface area contributed by atoms with Crippen LogP contribution in [0.5, 0.6) is 0 Å². The molecule has 0 aromatic heterocycles. The first-order chi connectivity index (χ1) is 5.78. The van der Waals surface area contributed by atoms with Crippen molar-refractivity contribution in [1.82, 2.24) is 0 Å². The molecule has 78 valence electrons. The molecule has 0 rings (SSSR count). The summed E-state index contributed by atoms with van der Waals surface area (Å²) in [5.41, 5.74) is 0. The quantitative estimate of drug-likeness (QED) is 0.456. The number of thiocarbonyl (C=S) groups is 1. The Morgan fingerprint density at radius 1 is 1.23 bits per heavy atom. The molecule has 0 N–H and O–H groups in total. The zero-order valence-corrected chi connectivity index (χ0v) is 10.8. The van der Waals surface area contributed by atoms with Gasteiger partial charge in [0.1, 0.15) is 0 Å². The molecule has 0 unspecified atom stereocenters. The molecular weight excluding hydrogens is 227 g/mol. The van der Waals surface area contributed by atoms with Crippen LogP contribution in [0.25, 0.3) is 0 Å². The second-order valence-electron chi connectivity index (χ2n) is 3.09. The third kappa shape index (κ3) is 5.13. The summed E-state index contributed by atoms with van der Waals surface area (Å²) in [7, 11) is -3.31. The minimum Gasteiger partial charge on any atom is -0.302 e. The van der Waals surface area contributed by atoms with E-state index in [0.717, 1.165) is 0 Å². The van der Waals surface area contributed by atoms with E-state index < -0.39 is 7.60 Å². The molecule has 6 heteroatoms. The first kappa shape index (κ1) is 13.6. The van der Waals surface area contributed by atoms with E-state index in [0.29, 0.717) is 0 Å². The minimum atomic E-state index is -3.31. The van der Waals surface area contributed by atoms with E-state index in [9.17, 15) is 4.57 Å². The van der Waals surface area contributed by atoms with Gasteiger partial charge in [-0.3, -0.25) is 4.57 Å². The fourth-order valence-corrected chi connectivity index (χ4v) is 2.55. The van der Waals surface area contributed by atoms with Crippen LogP contribution in [0.15, 0.2) is 0 Å². The van der Waals surface area contributed by atoms with Crippen LogP contribution in [0.2, 0.25) is 0 Å². The lowest BCUT2D eigenvalue weighted by Gasteiger charge is -2.20. The molecule has 0 aliphatic rings. The molecule has 0 saturated carbocycles. The Bertz CT molecular complexity index is 214. The fraction of sp³-hybridized carbons (Fsp3) is 0.857. The van der Waals surface area contributed by atoms with E-state index >= 15 is 0 Å². The van der Waals surface area contributed by atoms with Crippen LogP contribution < -0.4 is 0 Å². The molecule has 0 aromatic carbocycles. The van der Waals surface area contributed by atoms with Crippen molar-refractivity contribution in [1.29, 1.82) is 0 Å². The summed E-state index contributed by atoms with van der Waals surface area (Å²) in [5.74, 6) is 0. The average Bonchev–Trinajstić information content (AvgIpc) is 1.82. The molecular formula is C7H15O3PS2. The van der Waals surface area contributed by atoms with Crippen LogP contribution in [-0.2, 0) is 13.6 Å². The highest BCUT2D eigenvalue weighted by atomic mass is 32.1. The minimum absolute atomic E-state index is 0.0186. The molecule has 13 heavy (non-hydrogen) atoms. The largest absolute Gasteiger partial charge is 0.378 e. The van der Waals surface area contributed by atoms with Crippen LogP contribution in [0, 0.1) is 0 Å². The van der Waals surface area contributed by atoms with Gasteiger partial charge in [-0.2, -0.15) is 0 Å². The smallest absolute Gasteiger partial charge is 0.302 e. The van der Waals surface area contributed by atoms with Gasteiger partial charge in [0.25, 0.3) is 0 Å². The van der Waals surface area contributed by atoms with Gasteiger partial charge >= 0.3 is 7.60 Å². The number of hydrogen-bond donors (Lipinski definition) is 1.